The van der Waals surface area contributed by atoms with Crippen molar-refractivity contribution in [3.05, 3.63) is 100 Å². The third-order valence-corrected chi connectivity index (χ3v) is 5.55. The molecule has 184 valence electrons. The first-order valence-corrected chi connectivity index (χ1v) is 11.8. The zero-order valence-corrected chi connectivity index (χ0v) is 20.2. The molecule has 0 radical (unpaired) electrons. The maximum atomic E-state index is 12.1. The van der Waals surface area contributed by atoms with Gasteiger partial charge >= 0.3 is 12.1 Å². The van der Waals surface area contributed by atoms with Gasteiger partial charge in [0.15, 0.2) is 0 Å². The molecule has 35 heavy (non-hydrogen) atoms. The summed E-state index contributed by atoms with van der Waals surface area (Å²) in [4.78, 5) is 28.2. The normalized spacial score (nSPS) is 11.5. The third kappa shape index (κ3) is 8.22. The summed E-state index contributed by atoms with van der Waals surface area (Å²) < 4.78 is 10.3. The number of pyridine rings is 1. The number of rotatable bonds is 11. The third-order valence-electron chi connectivity index (χ3n) is 5.55. The van der Waals surface area contributed by atoms with E-state index in [4.69, 9.17) is 9.47 Å². The van der Waals surface area contributed by atoms with E-state index in [0.29, 0.717) is 31.6 Å². The molecule has 3 aromatic rings. The molecule has 3 rings (SSSR count). The summed E-state index contributed by atoms with van der Waals surface area (Å²) in [5.41, 5.74) is 4.96. The fraction of sp³-hybridized carbons (Fsp3) is 0.321. The second kappa shape index (κ2) is 13.2. The molecular weight excluding hydrogens is 444 g/mol. The van der Waals surface area contributed by atoms with Gasteiger partial charge in [-0.2, -0.15) is 0 Å². The van der Waals surface area contributed by atoms with E-state index in [1.807, 2.05) is 61.5 Å². The predicted molar refractivity (Wildman–Crippen MR) is 133 cm³/mol. The lowest BCUT2D eigenvalue weighted by atomic mass is 9.94. The molecule has 0 bridgehead atoms. The number of nitrogens with zero attached hydrogens (tertiary/aromatic N) is 1. The molecule has 0 saturated heterocycles. The highest BCUT2D eigenvalue weighted by Gasteiger charge is 2.16. The van der Waals surface area contributed by atoms with Gasteiger partial charge in [0.1, 0.15) is 12.7 Å². The second-order valence-corrected chi connectivity index (χ2v) is 8.21. The number of carbonyl (C=O) groups is 2. The van der Waals surface area contributed by atoms with E-state index < -0.39 is 12.2 Å². The Labute approximate surface area is 206 Å². The monoisotopic (exact) mass is 476 g/mol. The van der Waals surface area contributed by atoms with Crippen molar-refractivity contribution in [1.82, 2.24) is 10.3 Å². The van der Waals surface area contributed by atoms with Crippen LogP contribution < -0.4 is 5.32 Å². The average Bonchev–Trinajstić information content (AvgIpc) is 2.87. The van der Waals surface area contributed by atoms with Gasteiger partial charge in [-0.05, 0) is 55.0 Å². The molecule has 1 amide bonds. The minimum absolute atomic E-state index is 0.205. The van der Waals surface area contributed by atoms with Crippen molar-refractivity contribution < 1.29 is 24.2 Å². The number of aliphatic hydroxyl groups is 1. The minimum atomic E-state index is -0.853. The van der Waals surface area contributed by atoms with Gasteiger partial charge in [0.25, 0.3) is 0 Å². The van der Waals surface area contributed by atoms with Crippen LogP contribution in [0.3, 0.4) is 0 Å². The summed E-state index contributed by atoms with van der Waals surface area (Å²) in [6, 6.07) is 18.9. The highest BCUT2D eigenvalue weighted by molar-refractivity contribution is 5.69. The Balaban J connectivity index is 1.67. The van der Waals surface area contributed by atoms with Gasteiger partial charge in [-0.3, -0.25) is 9.78 Å². The maximum absolute atomic E-state index is 12.1. The molecular formula is C28H32N2O5. The van der Waals surface area contributed by atoms with Crippen LogP contribution >= 0.6 is 0 Å². The van der Waals surface area contributed by atoms with Crippen molar-refractivity contribution in [1.29, 1.82) is 0 Å². The van der Waals surface area contributed by atoms with Crippen LogP contribution in [0.2, 0.25) is 0 Å². The van der Waals surface area contributed by atoms with Crippen LogP contribution in [-0.4, -0.2) is 35.3 Å². The lowest BCUT2D eigenvalue weighted by Gasteiger charge is -2.17. The van der Waals surface area contributed by atoms with Gasteiger partial charge in [0.2, 0.25) is 0 Å². The van der Waals surface area contributed by atoms with E-state index in [1.165, 1.54) is 0 Å². The summed E-state index contributed by atoms with van der Waals surface area (Å²) in [6.07, 6.45) is 1.63. The van der Waals surface area contributed by atoms with E-state index in [9.17, 15) is 14.7 Å². The fourth-order valence-corrected chi connectivity index (χ4v) is 3.77. The lowest BCUT2D eigenvalue weighted by molar-refractivity contribution is -0.143. The van der Waals surface area contributed by atoms with Gasteiger partial charge in [-0.25, -0.2) is 4.79 Å². The van der Waals surface area contributed by atoms with Crippen molar-refractivity contribution in [3.8, 4) is 0 Å². The van der Waals surface area contributed by atoms with Gasteiger partial charge in [-0.1, -0.05) is 54.6 Å². The van der Waals surface area contributed by atoms with Crippen molar-refractivity contribution in [2.75, 3.05) is 13.2 Å². The van der Waals surface area contributed by atoms with Gasteiger partial charge < -0.3 is 19.9 Å². The first-order valence-electron chi connectivity index (χ1n) is 11.8. The maximum Gasteiger partial charge on any atom is 0.407 e. The number of esters is 1. The summed E-state index contributed by atoms with van der Waals surface area (Å²) in [7, 11) is 0. The highest BCUT2D eigenvalue weighted by atomic mass is 16.5. The Kier molecular flexibility index (Phi) is 9.80. The van der Waals surface area contributed by atoms with Crippen LogP contribution in [0.1, 0.15) is 53.0 Å². The Morgan fingerprint density at radius 3 is 2.43 bits per heavy atom. The number of hydrogen-bond donors (Lipinski definition) is 2. The minimum Gasteiger partial charge on any atom is -0.466 e. The van der Waals surface area contributed by atoms with Crippen molar-refractivity contribution in [2.45, 2.75) is 45.8 Å². The van der Waals surface area contributed by atoms with Gasteiger partial charge in [0.05, 0.1) is 6.61 Å². The molecule has 2 N–H and O–H groups in total. The molecule has 7 heteroatoms. The average molecular weight is 477 g/mol. The van der Waals surface area contributed by atoms with E-state index in [1.54, 1.807) is 19.2 Å². The summed E-state index contributed by atoms with van der Waals surface area (Å²) in [5, 5.41) is 13.8. The zero-order valence-electron chi connectivity index (χ0n) is 20.2. The number of aliphatic hydroxyl groups excluding tert-OH is 1. The summed E-state index contributed by atoms with van der Waals surface area (Å²) >= 11 is 0. The summed E-state index contributed by atoms with van der Waals surface area (Å²) in [6.45, 7) is 4.55. The first kappa shape index (κ1) is 25.9. The largest absolute Gasteiger partial charge is 0.466 e. The molecule has 0 fully saturated rings. The Morgan fingerprint density at radius 2 is 1.71 bits per heavy atom. The van der Waals surface area contributed by atoms with E-state index in [2.05, 4.69) is 10.3 Å². The number of nitrogens with one attached hydrogen (secondary N) is 1. The number of carbonyl (C=O) groups excluding carboxylic acids is 2. The number of hydrogen-bond acceptors (Lipinski definition) is 6. The number of ether oxygens (including phenoxy) is 2. The molecule has 2 aromatic carbocycles. The van der Waals surface area contributed by atoms with Crippen molar-refractivity contribution in [3.63, 3.8) is 0 Å². The number of benzene rings is 2. The van der Waals surface area contributed by atoms with Gasteiger partial charge in [0, 0.05) is 30.4 Å². The zero-order chi connectivity index (χ0) is 25.0. The van der Waals surface area contributed by atoms with E-state index in [0.717, 1.165) is 27.9 Å². The number of aryl methyl sites for hydroxylation is 2. The Bertz CT molecular complexity index is 1120. The van der Waals surface area contributed by atoms with Gasteiger partial charge in [-0.15, -0.1) is 0 Å². The molecule has 0 aliphatic heterocycles. The smallest absolute Gasteiger partial charge is 0.407 e. The number of amides is 1. The second-order valence-electron chi connectivity index (χ2n) is 8.21. The molecule has 7 nitrogen and oxygen atoms in total. The Morgan fingerprint density at radius 1 is 0.971 bits per heavy atom. The molecule has 0 aliphatic rings. The standard InChI is InChI=1S/C28H32N2O5/c1-3-34-26(31)12-11-22-16-23(13-15-30-28(33)35-19-21-8-5-4-6-9-21)18-24(17-22)27(32)25-10-7-14-29-20(25)2/h4-10,14,16-18,27,32H,3,11-13,15,19H2,1-2H3,(H,30,33). The van der Waals surface area contributed by atoms with Crippen LogP contribution in [0.25, 0.3) is 0 Å². The van der Waals surface area contributed by atoms with Crippen LogP contribution in [-0.2, 0) is 33.7 Å². The SMILES string of the molecule is CCOC(=O)CCc1cc(CCNC(=O)OCc2ccccc2)cc(C(O)c2cccnc2C)c1. The van der Waals surface area contributed by atoms with Crippen LogP contribution in [0, 0.1) is 6.92 Å². The molecule has 0 aliphatic carbocycles. The molecule has 0 spiro atoms. The number of alkyl carbamates (subject to hydrolysis) is 1. The van der Waals surface area contributed by atoms with Crippen LogP contribution in [0.5, 0.6) is 0 Å². The quantitative estimate of drug-likeness (QED) is 0.397. The molecule has 1 aromatic heterocycles. The van der Waals surface area contributed by atoms with Crippen LogP contribution in [0.4, 0.5) is 4.79 Å². The molecule has 1 heterocycles. The fourth-order valence-electron chi connectivity index (χ4n) is 3.77. The Hall–Kier alpha value is -3.71. The number of aromatic nitrogens is 1. The summed E-state index contributed by atoms with van der Waals surface area (Å²) in [5.74, 6) is -0.258. The predicted octanol–water partition coefficient (Wildman–Crippen LogP) is 4.44. The molecule has 1 atom stereocenters. The molecule has 1 unspecified atom stereocenters. The first-order chi connectivity index (χ1) is 17.0. The highest BCUT2D eigenvalue weighted by Crippen LogP contribution is 2.26. The van der Waals surface area contributed by atoms with Crippen LogP contribution in [0.15, 0.2) is 66.9 Å². The molecule has 0 saturated carbocycles. The topological polar surface area (TPSA) is 97.8 Å². The lowest BCUT2D eigenvalue weighted by Crippen LogP contribution is -2.26. The van der Waals surface area contributed by atoms with E-state index >= 15 is 0 Å². The van der Waals surface area contributed by atoms with Crippen molar-refractivity contribution in [2.24, 2.45) is 0 Å². The van der Waals surface area contributed by atoms with E-state index in [-0.39, 0.29) is 19.0 Å². The van der Waals surface area contributed by atoms with Crippen molar-refractivity contribution >= 4 is 12.1 Å².